The van der Waals surface area contributed by atoms with Crippen LogP contribution in [0.2, 0.25) is 0 Å². The number of rotatable bonds is 6. The molecule has 0 radical (unpaired) electrons. The molecule has 1 N–H and O–H groups in total. The lowest BCUT2D eigenvalue weighted by Crippen LogP contribution is -2.29. The van der Waals surface area contributed by atoms with E-state index in [4.69, 9.17) is 4.74 Å². The molecule has 1 aliphatic rings. The van der Waals surface area contributed by atoms with E-state index in [0.29, 0.717) is 17.7 Å². The van der Waals surface area contributed by atoms with Crippen LogP contribution in [0.4, 0.5) is 10.1 Å². The number of ether oxygens (including phenoxy) is 1. The SMILES string of the molecule is Cc1ccc(Cc2ccc(N3CC(=O)NS3(=O)=O)c(OCc3ccccc3)c2)c(F)c1. The lowest BCUT2D eigenvalue weighted by Gasteiger charge is -2.20. The van der Waals surface area contributed by atoms with Gasteiger partial charge in [0, 0.05) is 6.42 Å². The number of halogens is 1. The summed E-state index contributed by atoms with van der Waals surface area (Å²) in [7, 11) is -3.98. The molecule has 0 spiro atoms. The number of nitrogens with one attached hydrogen (secondary N) is 1. The Hall–Kier alpha value is -3.39. The first-order chi connectivity index (χ1) is 14.8. The number of hydrogen-bond acceptors (Lipinski definition) is 4. The fraction of sp³-hybridized carbons (Fsp3) is 0.174. The standard InChI is InChI=1S/C23H21FN2O4S/c1-16-7-9-19(20(24)11-16)12-18-8-10-21(26-14-23(27)25-31(26,28)29)22(13-18)30-15-17-5-3-2-4-6-17/h2-11,13H,12,14-15H2,1H3,(H,25,27). The fourth-order valence-corrected chi connectivity index (χ4v) is 4.56. The van der Waals surface area contributed by atoms with Crippen molar-refractivity contribution in [2.24, 2.45) is 0 Å². The summed E-state index contributed by atoms with van der Waals surface area (Å²) in [6, 6.07) is 19.5. The van der Waals surface area contributed by atoms with E-state index in [0.717, 1.165) is 21.0 Å². The van der Waals surface area contributed by atoms with Crippen LogP contribution >= 0.6 is 0 Å². The molecule has 0 bridgehead atoms. The van der Waals surface area contributed by atoms with Gasteiger partial charge in [0.2, 0.25) is 0 Å². The second-order valence-electron chi connectivity index (χ2n) is 7.38. The maximum absolute atomic E-state index is 14.3. The van der Waals surface area contributed by atoms with E-state index in [-0.39, 0.29) is 24.7 Å². The Morgan fingerprint density at radius 3 is 2.48 bits per heavy atom. The Morgan fingerprint density at radius 2 is 1.81 bits per heavy atom. The van der Waals surface area contributed by atoms with Gasteiger partial charge in [0.05, 0.1) is 5.69 Å². The van der Waals surface area contributed by atoms with Crippen molar-refractivity contribution in [1.82, 2.24) is 4.72 Å². The minimum absolute atomic E-state index is 0.214. The van der Waals surface area contributed by atoms with E-state index in [1.807, 2.05) is 48.0 Å². The molecule has 1 saturated heterocycles. The predicted molar refractivity (Wildman–Crippen MR) is 116 cm³/mol. The highest BCUT2D eigenvalue weighted by atomic mass is 32.2. The van der Waals surface area contributed by atoms with E-state index in [9.17, 15) is 17.6 Å². The third kappa shape index (κ3) is 4.69. The van der Waals surface area contributed by atoms with Crippen LogP contribution in [0.15, 0.2) is 66.7 Å². The quantitative estimate of drug-likeness (QED) is 0.637. The molecule has 0 aliphatic carbocycles. The van der Waals surface area contributed by atoms with E-state index >= 15 is 0 Å². The van der Waals surface area contributed by atoms with E-state index < -0.39 is 16.1 Å². The number of nitrogens with zero attached hydrogens (tertiary/aromatic N) is 1. The van der Waals surface area contributed by atoms with E-state index in [2.05, 4.69) is 0 Å². The first-order valence-electron chi connectivity index (χ1n) is 9.70. The number of aryl methyl sites for hydroxylation is 1. The average molecular weight is 440 g/mol. The topological polar surface area (TPSA) is 75.7 Å². The minimum Gasteiger partial charge on any atom is -0.487 e. The molecular formula is C23H21FN2O4S. The second kappa shape index (κ2) is 8.39. The van der Waals surface area contributed by atoms with Gasteiger partial charge in [0.1, 0.15) is 24.7 Å². The summed E-state index contributed by atoms with van der Waals surface area (Å²) in [5, 5.41) is 0. The molecule has 160 valence electrons. The Morgan fingerprint density at radius 1 is 1.03 bits per heavy atom. The molecule has 8 heteroatoms. The van der Waals surface area contributed by atoms with Gasteiger partial charge in [0.15, 0.2) is 0 Å². The Balaban J connectivity index is 1.68. The largest absolute Gasteiger partial charge is 0.487 e. The molecule has 0 atom stereocenters. The molecule has 3 aromatic rings. The second-order valence-corrected chi connectivity index (χ2v) is 8.98. The van der Waals surface area contributed by atoms with Crippen molar-refractivity contribution in [1.29, 1.82) is 0 Å². The van der Waals surface area contributed by atoms with E-state index in [1.165, 1.54) is 6.07 Å². The fourth-order valence-electron chi connectivity index (χ4n) is 3.40. The molecule has 0 aromatic heterocycles. The van der Waals surface area contributed by atoms with Crippen molar-refractivity contribution < 1.29 is 22.3 Å². The third-order valence-electron chi connectivity index (χ3n) is 4.95. The molecule has 1 amide bonds. The summed E-state index contributed by atoms with van der Waals surface area (Å²) in [5.41, 5.74) is 3.27. The van der Waals surface area contributed by atoms with Crippen LogP contribution in [0.1, 0.15) is 22.3 Å². The first-order valence-corrected chi connectivity index (χ1v) is 11.1. The van der Waals surface area contributed by atoms with Crippen LogP contribution in [-0.4, -0.2) is 20.9 Å². The molecule has 1 aliphatic heterocycles. The maximum atomic E-state index is 14.3. The van der Waals surface area contributed by atoms with Crippen LogP contribution in [0.5, 0.6) is 5.75 Å². The molecular weight excluding hydrogens is 419 g/mol. The van der Waals surface area contributed by atoms with Gasteiger partial charge in [-0.25, -0.2) is 13.4 Å². The summed E-state index contributed by atoms with van der Waals surface area (Å²) in [6.07, 6.45) is 0.317. The summed E-state index contributed by atoms with van der Waals surface area (Å²) in [6.45, 7) is 1.71. The molecule has 6 nitrogen and oxygen atoms in total. The van der Waals surface area contributed by atoms with Crippen LogP contribution in [0, 0.1) is 12.7 Å². The summed E-state index contributed by atoms with van der Waals surface area (Å²) < 4.78 is 47.9. The lowest BCUT2D eigenvalue weighted by molar-refractivity contribution is -0.117. The molecule has 0 saturated carbocycles. The number of hydrogen-bond donors (Lipinski definition) is 1. The van der Waals surface area contributed by atoms with E-state index in [1.54, 1.807) is 24.3 Å². The lowest BCUT2D eigenvalue weighted by atomic mass is 10.0. The maximum Gasteiger partial charge on any atom is 0.326 e. The highest BCUT2D eigenvalue weighted by Gasteiger charge is 2.35. The zero-order chi connectivity index (χ0) is 22.0. The highest BCUT2D eigenvalue weighted by Crippen LogP contribution is 2.34. The number of carbonyl (C=O) groups excluding carboxylic acids is 1. The van der Waals surface area contributed by atoms with Gasteiger partial charge < -0.3 is 4.74 Å². The normalized spacial score (nSPS) is 15.0. The first kappa shape index (κ1) is 20.9. The van der Waals surface area contributed by atoms with Crippen molar-refractivity contribution in [3.8, 4) is 5.75 Å². The number of amides is 1. The van der Waals surface area contributed by atoms with Crippen LogP contribution in [0.25, 0.3) is 0 Å². The Bertz CT molecular complexity index is 1230. The Kier molecular flexibility index (Phi) is 5.65. The summed E-state index contributed by atoms with van der Waals surface area (Å²) in [4.78, 5) is 11.7. The summed E-state index contributed by atoms with van der Waals surface area (Å²) in [5.74, 6) is -0.610. The predicted octanol–water partition coefficient (Wildman–Crippen LogP) is 3.48. The third-order valence-corrected chi connectivity index (χ3v) is 6.35. The average Bonchev–Trinajstić information content (AvgIpc) is 3.01. The zero-order valence-corrected chi connectivity index (χ0v) is 17.7. The monoisotopic (exact) mass is 440 g/mol. The minimum atomic E-state index is -3.98. The molecule has 4 rings (SSSR count). The van der Waals surface area contributed by atoms with Gasteiger partial charge in [-0.15, -0.1) is 0 Å². The van der Waals surface area contributed by atoms with Crippen molar-refractivity contribution in [2.45, 2.75) is 20.0 Å². The zero-order valence-electron chi connectivity index (χ0n) is 16.8. The van der Waals surface area contributed by atoms with Crippen LogP contribution in [-0.2, 0) is 28.0 Å². The van der Waals surface area contributed by atoms with Gasteiger partial charge in [-0.2, -0.15) is 8.42 Å². The highest BCUT2D eigenvalue weighted by molar-refractivity contribution is 7.92. The number of carbonyl (C=O) groups is 1. The van der Waals surface area contributed by atoms with Crippen molar-refractivity contribution >= 4 is 21.8 Å². The van der Waals surface area contributed by atoms with Crippen LogP contribution < -0.4 is 13.8 Å². The molecule has 31 heavy (non-hydrogen) atoms. The van der Waals surface area contributed by atoms with Gasteiger partial charge in [-0.1, -0.05) is 48.5 Å². The van der Waals surface area contributed by atoms with Crippen molar-refractivity contribution in [3.63, 3.8) is 0 Å². The smallest absolute Gasteiger partial charge is 0.326 e. The number of benzene rings is 3. The van der Waals surface area contributed by atoms with Gasteiger partial charge in [0.25, 0.3) is 5.91 Å². The van der Waals surface area contributed by atoms with Gasteiger partial charge >= 0.3 is 10.2 Å². The molecule has 0 unspecified atom stereocenters. The Labute approximate surface area is 180 Å². The van der Waals surface area contributed by atoms with Gasteiger partial charge in [-0.3, -0.25) is 4.79 Å². The van der Waals surface area contributed by atoms with Crippen LogP contribution in [0.3, 0.4) is 0 Å². The molecule has 1 heterocycles. The molecule has 1 fully saturated rings. The van der Waals surface area contributed by atoms with Crippen molar-refractivity contribution in [3.05, 3.63) is 94.8 Å². The van der Waals surface area contributed by atoms with Gasteiger partial charge in [-0.05, 0) is 47.4 Å². The van der Waals surface area contributed by atoms with Crippen molar-refractivity contribution in [2.75, 3.05) is 10.8 Å². The summed E-state index contributed by atoms with van der Waals surface area (Å²) >= 11 is 0. The number of anilines is 1. The molecule has 3 aromatic carbocycles.